The largest absolute Gasteiger partial charge is 0.325 e. The summed E-state index contributed by atoms with van der Waals surface area (Å²) in [7, 11) is 2.10. The van der Waals surface area contributed by atoms with Gasteiger partial charge in [0.1, 0.15) is 0 Å². The van der Waals surface area contributed by atoms with Gasteiger partial charge in [0.2, 0.25) is 5.91 Å². The van der Waals surface area contributed by atoms with E-state index in [1.807, 2.05) is 0 Å². The highest BCUT2D eigenvalue weighted by molar-refractivity contribution is 5.84. The Kier molecular flexibility index (Phi) is 6.65. The zero-order chi connectivity index (χ0) is 13.5. The fourth-order valence-electron chi connectivity index (χ4n) is 2.46. The molecule has 1 saturated heterocycles. The third-order valence-corrected chi connectivity index (χ3v) is 3.75. The van der Waals surface area contributed by atoms with Crippen molar-refractivity contribution in [2.45, 2.75) is 58.7 Å². The molecule has 0 radical (unpaired) electrons. The van der Waals surface area contributed by atoms with Crippen LogP contribution < -0.4 is 5.32 Å². The molecule has 0 aromatic rings. The second-order valence-corrected chi connectivity index (χ2v) is 5.24. The minimum Gasteiger partial charge on any atom is -0.325 e. The van der Waals surface area contributed by atoms with Crippen LogP contribution in [0.2, 0.25) is 0 Å². The topological polar surface area (TPSA) is 35.6 Å². The normalized spacial score (nSPS) is 24.3. The standard InChI is InChI=1S/C14H29N3O/c1-5-8-12-14(18)17(11-10-16(4)7-3)13(15-12)9-6-2/h12-13,15H,5-11H2,1-4H3. The highest BCUT2D eigenvalue weighted by Crippen LogP contribution is 2.17. The number of hydrogen-bond donors (Lipinski definition) is 1. The predicted octanol–water partition coefficient (Wildman–Crippen LogP) is 1.66. The third kappa shape index (κ3) is 3.95. The van der Waals surface area contributed by atoms with E-state index in [1.165, 1.54) is 0 Å². The quantitative estimate of drug-likeness (QED) is 0.716. The van der Waals surface area contributed by atoms with Gasteiger partial charge in [-0.2, -0.15) is 0 Å². The highest BCUT2D eigenvalue weighted by atomic mass is 16.2. The summed E-state index contributed by atoms with van der Waals surface area (Å²) in [6.07, 6.45) is 4.44. The van der Waals surface area contributed by atoms with Gasteiger partial charge in [0.05, 0.1) is 12.2 Å². The molecular weight excluding hydrogens is 226 g/mol. The van der Waals surface area contributed by atoms with Crippen molar-refractivity contribution in [2.75, 3.05) is 26.7 Å². The van der Waals surface area contributed by atoms with E-state index in [9.17, 15) is 4.79 Å². The molecule has 0 saturated carbocycles. The highest BCUT2D eigenvalue weighted by Gasteiger charge is 2.37. The molecular formula is C14H29N3O. The van der Waals surface area contributed by atoms with Crippen LogP contribution in [0.4, 0.5) is 0 Å². The van der Waals surface area contributed by atoms with Crippen LogP contribution in [0, 0.1) is 0 Å². The molecule has 2 atom stereocenters. The Bertz CT molecular complexity index is 257. The van der Waals surface area contributed by atoms with Crippen LogP contribution in [-0.4, -0.2) is 54.6 Å². The summed E-state index contributed by atoms with van der Waals surface area (Å²) in [4.78, 5) is 16.6. The molecule has 1 aliphatic rings. The molecule has 0 aromatic heterocycles. The Labute approximate surface area is 112 Å². The van der Waals surface area contributed by atoms with Crippen LogP contribution in [0.1, 0.15) is 46.5 Å². The van der Waals surface area contributed by atoms with Gasteiger partial charge >= 0.3 is 0 Å². The second-order valence-electron chi connectivity index (χ2n) is 5.24. The summed E-state index contributed by atoms with van der Waals surface area (Å²) in [5.74, 6) is 0.305. The van der Waals surface area contributed by atoms with Gasteiger partial charge in [0.25, 0.3) is 0 Å². The predicted molar refractivity (Wildman–Crippen MR) is 75.4 cm³/mol. The number of nitrogens with one attached hydrogen (secondary N) is 1. The maximum atomic E-state index is 12.3. The Morgan fingerprint density at radius 1 is 1.22 bits per heavy atom. The maximum Gasteiger partial charge on any atom is 0.241 e. The van der Waals surface area contributed by atoms with Gasteiger partial charge in [-0.25, -0.2) is 0 Å². The molecule has 0 aliphatic carbocycles. The van der Waals surface area contributed by atoms with Gasteiger partial charge in [-0.15, -0.1) is 0 Å². The van der Waals surface area contributed by atoms with Crippen molar-refractivity contribution in [2.24, 2.45) is 0 Å². The van der Waals surface area contributed by atoms with E-state index in [0.717, 1.165) is 45.3 Å². The van der Waals surface area contributed by atoms with E-state index in [-0.39, 0.29) is 12.2 Å². The molecule has 1 aliphatic heterocycles. The lowest BCUT2D eigenvalue weighted by molar-refractivity contribution is -0.130. The van der Waals surface area contributed by atoms with Crippen LogP contribution in [0.5, 0.6) is 0 Å². The molecule has 1 fully saturated rings. The smallest absolute Gasteiger partial charge is 0.241 e. The Balaban J connectivity index is 2.56. The van der Waals surface area contributed by atoms with Crippen LogP contribution in [0.15, 0.2) is 0 Å². The summed E-state index contributed by atoms with van der Waals surface area (Å²) in [5.41, 5.74) is 0. The molecule has 0 bridgehead atoms. The number of amides is 1. The van der Waals surface area contributed by atoms with Crippen molar-refractivity contribution in [3.63, 3.8) is 0 Å². The fourth-order valence-corrected chi connectivity index (χ4v) is 2.46. The minimum absolute atomic E-state index is 0.0542. The summed E-state index contributed by atoms with van der Waals surface area (Å²) >= 11 is 0. The Morgan fingerprint density at radius 2 is 1.89 bits per heavy atom. The lowest BCUT2D eigenvalue weighted by atomic mass is 10.2. The Hall–Kier alpha value is -0.610. The van der Waals surface area contributed by atoms with Gasteiger partial charge in [-0.3, -0.25) is 10.1 Å². The second kappa shape index (κ2) is 7.74. The minimum atomic E-state index is 0.0542. The van der Waals surface area contributed by atoms with Crippen LogP contribution in [-0.2, 0) is 4.79 Å². The SMILES string of the molecule is CCCC1NC(CCC)N(CCN(C)CC)C1=O. The summed E-state index contributed by atoms with van der Waals surface area (Å²) < 4.78 is 0. The van der Waals surface area contributed by atoms with E-state index < -0.39 is 0 Å². The molecule has 1 heterocycles. The monoisotopic (exact) mass is 255 g/mol. The summed E-state index contributed by atoms with van der Waals surface area (Å²) in [6, 6.07) is 0.0542. The third-order valence-electron chi connectivity index (χ3n) is 3.75. The van der Waals surface area contributed by atoms with Crippen molar-refractivity contribution in [3.05, 3.63) is 0 Å². The van der Waals surface area contributed by atoms with Crippen LogP contribution >= 0.6 is 0 Å². The molecule has 106 valence electrons. The Morgan fingerprint density at radius 3 is 2.44 bits per heavy atom. The van der Waals surface area contributed by atoms with Gasteiger partial charge in [-0.05, 0) is 26.4 Å². The molecule has 0 aromatic carbocycles. The van der Waals surface area contributed by atoms with Gasteiger partial charge in [0, 0.05) is 13.1 Å². The zero-order valence-electron chi connectivity index (χ0n) is 12.4. The molecule has 4 heteroatoms. The van der Waals surface area contributed by atoms with Crippen LogP contribution in [0.25, 0.3) is 0 Å². The summed E-state index contributed by atoms with van der Waals surface area (Å²) in [5, 5.41) is 3.49. The molecule has 1 amide bonds. The van der Waals surface area contributed by atoms with E-state index in [0.29, 0.717) is 5.91 Å². The van der Waals surface area contributed by atoms with Crippen molar-refractivity contribution >= 4 is 5.91 Å². The van der Waals surface area contributed by atoms with Gasteiger partial charge < -0.3 is 9.80 Å². The number of carbonyl (C=O) groups excluding carboxylic acids is 1. The molecule has 18 heavy (non-hydrogen) atoms. The van der Waals surface area contributed by atoms with Crippen LogP contribution in [0.3, 0.4) is 0 Å². The average molecular weight is 255 g/mol. The van der Waals surface area contributed by atoms with E-state index in [1.54, 1.807) is 0 Å². The van der Waals surface area contributed by atoms with Crippen molar-refractivity contribution in [1.82, 2.24) is 15.1 Å². The first-order valence-corrected chi connectivity index (χ1v) is 7.39. The number of hydrogen-bond acceptors (Lipinski definition) is 3. The molecule has 2 unspecified atom stereocenters. The first kappa shape index (κ1) is 15.4. The average Bonchev–Trinajstić information content (AvgIpc) is 2.64. The molecule has 4 nitrogen and oxygen atoms in total. The van der Waals surface area contributed by atoms with Crippen molar-refractivity contribution in [1.29, 1.82) is 0 Å². The zero-order valence-corrected chi connectivity index (χ0v) is 12.4. The van der Waals surface area contributed by atoms with Gasteiger partial charge in [0.15, 0.2) is 0 Å². The van der Waals surface area contributed by atoms with Gasteiger partial charge in [-0.1, -0.05) is 33.6 Å². The van der Waals surface area contributed by atoms with E-state index in [4.69, 9.17) is 0 Å². The number of rotatable bonds is 8. The molecule has 0 spiro atoms. The lowest BCUT2D eigenvalue weighted by Gasteiger charge is -2.26. The number of nitrogens with zero attached hydrogens (tertiary/aromatic N) is 2. The number of likely N-dealkylation sites (N-methyl/N-ethyl adjacent to an activating group) is 1. The van der Waals surface area contributed by atoms with Crippen molar-refractivity contribution in [3.8, 4) is 0 Å². The maximum absolute atomic E-state index is 12.3. The van der Waals surface area contributed by atoms with Crippen molar-refractivity contribution < 1.29 is 4.79 Å². The summed E-state index contributed by atoms with van der Waals surface area (Å²) in [6.45, 7) is 9.30. The first-order valence-electron chi connectivity index (χ1n) is 7.39. The fraction of sp³-hybridized carbons (Fsp3) is 0.929. The van der Waals surface area contributed by atoms with E-state index >= 15 is 0 Å². The molecule has 1 rings (SSSR count). The molecule has 1 N–H and O–H groups in total. The first-order chi connectivity index (χ1) is 8.63. The lowest BCUT2D eigenvalue weighted by Crippen LogP contribution is -2.41. The van der Waals surface area contributed by atoms with E-state index in [2.05, 4.69) is 42.9 Å². The number of carbonyl (C=O) groups is 1.